The Morgan fingerprint density at radius 2 is 2.06 bits per heavy atom. The summed E-state index contributed by atoms with van der Waals surface area (Å²) >= 11 is 4.92. The highest BCUT2D eigenvalue weighted by Crippen LogP contribution is 2.71. The number of carbonyl (C=O) groups excluding carboxylic acids is 2. The topological polar surface area (TPSA) is 83.8 Å². The van der Waals surface area contributed by atoms with Gasteiger partial charge in [-0.2, -0.15) is 0 Å². The number of allylic oxidation sites excluding steroid dienone is 1. The number of aliphatic hydroxyl groups excluding tert-OH is 1. The summed E-state index contributed by atoms with van der Waals surface area (Å²) in [6.45, 7) is 5.52. The number of halogens is 1. The molecule has 0 aromatic heterocycles. The number of carbonyl (C=O) groups is 2. The molecule has 178 valence electrons. The predicted molar refractivity (Wildman–Crippen MR) is 122 cm³/mol. The Labute approximate surface area is 194 Å². The van der Waals surface area contributed by atoms with Crippen LogP contribution in [0.1, 0.15) is 65.7 Å². The Kier molecular flexibility index (Phi) is 5.84. The summed E-state index contributed by atoms with van der Waals surface area (Å²) < 4.78 is 22.5. The zero-order valence-corrected chi connectivity index (χ0v) is 20.2. The summed E-state index contributed by atoms with van der Waals surface area (Å²) in [6, 6.07) is 0. The summed E-state index contributed by atoms with van der Waals surface area (Å²) in [7, 11) is 1.42. The highest BCUT2D eigenvalue weighted by Gasteiger charge is 2.76. The third kappa shape index (κ3) is 2.80. The van der Waals surface area contributed by atoms with Gasteiger partial charge in [-0.1, -0.05) is 38.6 Å². The van der Waals surface area contributed by atoms with Gasteiger partial charge in [-0.3, -0.25) is 9.59 Å². The van der Waals surface area contributed by atoms with Crippen molar-refractivity contribution >= 4 is 29.2 Å². The van der Waals surface area contributed by atoms with Crippen molar-refractivity contribution in [3.8, 4) is 0 Å². The number of ketones is 2. The first-order chi connectivity index (χ1) is 14.9. The number of hydrogen-bond donors (Lipinski definition) is 2. The Morgan fingerprint density at radius 3 is 2.69 bits per heavy atom. The van der Waals surface area contributed by atoms with Gasteiger partial charge in [0.2, 0.25) is 0 Å². The third-order valence-electron chi connectivity index (χ3n) is 9.89. The number of ether oxygens (including phenoxy) is 1. The first-order valence-electron chi connectivity index (χ1n) is 11.8. The predicted octanol–water partition coefficient (Wildman–Crippen LogP) is 3.53. The quantitative estimate of drug-likeness (QED) is 0.603. The summed E-state index contributed by atoms with van der Waals surface area (Å²) in [6.07, 6.45) is 1.83. The summed E-state index contributed by atoms with van der Waals surface area (Å²) in [5, 5.41) is 24.8. The number of aliphatic hydroxyl groups is 2. The molecule has 0 saturated heterocycles. The van der Waals surface area contributed by atoms with Gasteiger partial charge in [-0.15, -0.1) is 0 Å². The lowest BCUT2D eigenvalue weighted by Crippen LogP contribution is -2.70. The van der Waals surface area contributed by atoms with E-state index in [1.165, 1.54) is 12.5 Å². The van der Waals surface area contributed by atoms with Crippen molar-refractivity contribution in [1.29, 1.82) is 0 Å². The first-order valence-corrected chi connectivity index (χ1v) is 12.2. The smallest absolute Gasteiger partial charge is 0.194 e. The Balaban J connectivity index is 1.78. The molecule has 0 bridgehead atoms. The summed E-state index contributed by atoms with van der Waals surface area (Å²) in [5.74, 6) is -1.57. The van der Waals surface area contributed by atoms with E-state index in [0.717, 1.165) is 5.57 Å². The lowest BCUT2D eigenvalue weighted by molar-refractivity contribution is -0.229. The van der Waals surface area contributed by atoms with Gasteiger partial charge in [0.15, 0.2) is 11.6 Å². The fourth-order valence-electron chi connectivity index (χ4n) is 8.07. The van der Waals surface area contributed by atoms with E-state index in [2.05, 4.69) is 0 Å². The maximum atomic E-state index is 17.2. The minimum atomic E-state index is -1.90. The van der Waals surface area contributed by atoms with Crippen LogP contribution in [0.3, 0.4) is 0 Å². The number of hydrogen-bond acceptors (Lipinski definition) is 6. The fraction of sp³-hybridized carbons (Fsp3) is 0.800. The lowest BCUT2D eigenvalue weighted by Gasteiger charge is -2.63. The standard InChI is InChI=1S/C25H35FO5S/c1-14-11-18-17-6-5-15-12-16(27)7-9-22(15,2)24(17,26)20(28)13-23(18,3)25(14,30)21(29)19(31-4)8-10-32/h10,12,14,17-20,28,30H,5-9,11,13H2,1-4H3/t14-,17-,18-,19?,20-,22-,23-,24-,25-/m0/s1. The average molecular weight is 467 g/mol. The van der Waals surface area contributed by atoms with Crippen LogP contribution in [0.5, 0.6) is 0 Å². The number of fused-ring (bicyclic) bond motifs is 5. The van der Waals surface area contributed by atoms with Crippen molar-refractivity contribution in [2.24, 2.45) is 28.6 Å². The van der Waals surface area contributed by atoms with E-state index >= 15 is 4.39 Å². The molecular weight excluding hydrogens is 431 g/mol. The van der Waals surface area contributed by atoms with Gasteiger partial charge in [0.25, 0.3) is 0 Å². The van der Waals surface area contributed by atoms with Crippen LogP contribution >= 0.6 is 12.2 Å². The normalized spacial score (nSPS) is 48.8. The van der Waals surface area contributed by atoms with Gasteiger partial charge in [0.1, 0.15) is 17.4 Å². The molecule has 3 saturated carbocycles. The van der Waals surface area contributed by atoms with Crippen molar-refractivity contribution in [2.75, 3.05) is 7.11 Å². The molecule has 2 N–H and O–H groups in total. The highest BCUT2D eigenvalue weighted by atomic mass is 32.1. The van der Waals surface area contributed by atoms with E-state index in [4.69, 9.17) is 17.0 Å². The fourth-order valence-corrected chi connectivity index (χ4v) is 8.25. The molecule has 4 aliphatic rings. The Morgan fingerprint density at radius 1 is 1.38 bits per heavy atom. The van der Waals surface area contributed by atoms with E-state index in [1.54, 1.807) is 6.08 Å². The van der Waals surface area contributed by atoms with E-state index < -0.39 is 51.9 Å². The molecule has 4 aliphatic carbocycles. The molecule has 4 rings (SSSR count). The molecule has 0 heterocycles. The maximum absolute atomic E-state index is 17.2. The van der Waals surface area contributed by atoms with E-state index in [9.17, 15) is 19.8 Å². The van der Waals surface area contributed by atoms with Crippen LogP contribution < -0.4 is 0 Å². The average Bonchev–Trinajstić information content (AvgIpc) is 2.94. The van der Waals surface area contributed by atoms with Gasteiger partial charge in [-0.25, -0.2) is 4.39 Å². The van der Waals surface area contributed by atoms with Gasteiger partial charge in [-0.05, 0) is 55.4 Å². The van der Waals surface area contributed by atoms with Crippen LogP contribution in [0.4, 0.5) is 4.39 Å². The van der Waals surface area contributed by atoms with Crippen molar-refractivity contribution in [1.82, 2.24) is 0 Å². The van der Waals surface area contributed by atoms with Gasteiger partial charge in [0, 0.05) is 36.7 Å². The molecule has 1 unspecified atom stereocenters. The molecule has 3 fully saturated rings. The second kappa shape index (κ2) is 7.76. The molecule has 9 atom stereocenters. The zero-order valence-electron chi connectivity index (χ0n) is 19.4. The minimum absolute atomic E-state index is 0.0118. The molecular formula is C25H35FO5S. The van der Waals surface area contributed by atoms with E-state index in [0.29, 0.717) is 25.7 Å². The number of alkyl halides is 1. The number of rotatable bonds is 5. The summed E-state index contributed by atoms with van der Waals surface area (Å²) in [4.78, 5) is 25.6. The van der Waals surface area contributed by atoms with Crippen molar-refractivity contribution in [2.45, 2.75) is 89.2 Å². The lowest BCUT2D eigenvalue weighted by atomic mass is 9.43. The molecule has 7 heteroatoms. The number of Topliss-reactive ketones (excluding diaryl/α,β-unsaturated/α-hetero) is 1. The molecule has 0 spiro atoms. The monoisotopic (exact) mass is 466 g/mol. The Bertz CT molecular complexity index is 874. The summed E-state index contributed by atoms with van der Waals surface area (Å²) in [5.41, 5.74) is -4.73. The Hall–Kier alpha value is -1.02. The molecule has 0 radical (unpaired) electrons. The zero-order chi connectivity index (χ0) is 23.7. The first kappa shape index (κ1) is 24.1. The second-order valence-corrected chi connectivity index (χ2v) is 11.4. The van der Waals surface area contributed by atoms with E-state index in [1.807, 2.05) is 20.8 Å². The molecule has 0 aromatic carbocycles. The van der Waals surface area contributed by atoms with Crippen LogP contribution in [0.2, 0.25) is 0 Å². The van der Waals surface area contributed by atoms with Crippen molar-refractivity contribution < 1.29 is 28.9 Å². The second-order valence-electron chi connectivity index (χ2n) is 11.0. The van der Waals surface area contributed by atoms with Crippen LogP contribution in [0.15, 0.2) is 11.6 Å². The molecule has 0 amide bonds. The van der Waals surface area contributed by atoms with Gasteiger partial charge < -0.3 is 14.9 Å². The van der Waals surface area contributed by atoms with Crippen LogP contribution in [0, 0.1) is 28.6 Å². The van der Waals surface area contributed by atoms with Crippen molar-refractivity contribution in [3.05, 3.63) is 11.6 Å². The van der Waals surface area contributed by atoms with Crippen LogP contribution in [0.25, 0.3) is 0 Å². The molecule has 0 aliphatic heterocycles. The number of thiocarbonyl (C=S) groups is 1. The molecule has 5 nitrogen and oxygen atoms in total. The molecule has 0 aromatic rings. The van der Waals surface area contributed by atoms with Gasteiger partial charge in [0.05, 0.1) is 6.10 Å². The number of methoxy groups -OCH3 is 1. The van der Waals surface area contributed by atoms with Crippen LogP contribution in [-0.2, 0) is 14.3 Å². The highest BCUT2D eigenvalue weighted by molar-refractivity contribution is 7.78. The molecule has 32 heavy (non-hydrogen) atoms. The SMILES string of the molecule is COC(CC=S)C(=O)[C@@]1(O)[C@@H](C)C[C@H]2[C@@H]3CCC4=CC(=O)CC[C@]4(C)[C@@]3(F)[C@@H](O)C[C@@]21C. The maximum Gasteiger partial charge on any atom is 0.194 e. The minimum Gasteiger partial charge on any atom is -0.390 e. The largest absolute Gasteiger partial charge is 0.390 e. The third-order valence-corrected chi connectivity index (χ3v) is 10.1. The van der Waals surface area contributed by atoms with Crippen molar-refractivity contribution in [3.63, 3.8) is 0 Å². The van der Waals surface area contributed by atoms with E-state index in [-0.39, 0.29) is 31.0 Å². The van der Waals surface area contributed by atoms with Crippen LogP contribution in [-0.4, -0.2) is 57.7 Å². The van der Waals surface area contributed by atoms with Gasteiger partial charge >= 0.3 is 0 Å².